The zero-order chi connectivity index (χ0) is 22.4. The Kier molecular flexibility index (Phi) is 5.31. The highest BCUT2D eigenvalue weighted by atomic mass is 35.5. The van der Waals surface area contributed by atoms with E-state index in [0.29, 0.717) is 45.3 Å². The third-order valence-electron chi connectivity index (χ3n) is 5.73. The van der Waals surface area contributed by atoms with Crippen LogP contribution in [0, 0.1) is 0 Å². The topological polar surface area (TPSA) is 78.3 Å². The van der Waals surface area contributed by atoms with Gasteiger partial charge in [0.15, 0.2) is 11.6 Å². The summed E-state index contributed by atoms with van der Waals surface area (Å²) in [4.78, 5) is 17.7. The highest BCUT2D eigenvalue weighted by Gasteiger charge is 2.37. The average Bonchev–Trinajstić information content (AvgIpc) is 3.22. The van der Waals surface area contributed by atoms with E-state index in [0.717, 1.165) is 29.7 Å². The van der Waals surface area contributed by atoms with E-state index >= 15 is 0 Å². The van der Waals surface area contributed by atoms with E-state index in [2.05, 4.69) is 5.32 Å². The van der Waals surface area contributed by atoms with Crippen LogP contribution in [0.15, 0.2) is 47.7 Å². The molecule has 1 aliphatic carbocycles. The molecule has 9 heteroatoms. The van der Waals surface area contributed by atoms with Gasteiger partial charge in [-0.2, -0.15) is 4.98 Å². The van der Waals surface area contributed by atoms with Crippen LogP contribution in [0.3, 0.4) is 0 Å². The number of anilines is 1. The molecule has 1 aromatic heterocycles. The number of nitrogens with one attached hydrogen (secondary N) is 1. The van der Waals surface area contributed by atoms with Crippen molar-refractivity contribution in [2.75, 3.05) is 19.5 Å². The average molecular weight is 471 g/mol. The molecule has 0 amide bonds. The number of ether oxygens (including phenoxy) is 2. The highest BCUT2D eigenvalue weighted by Crippen LogP contribution is 2.43. The lowest BCUT2D eigenvalue weighted by molar-refractivity contribution is -0.116. The summed E-state index contributed by atoms with van der Waals surface area (Å²) < 4.78 is 12.5. The Morgan fingerprint density at radius 3 is 2.50 bits per heavy atom. The van der Waals surface area contributed by atoms with Crippen molar-refractivity contribution in [1.82, 2.24) is 14.8 Å². The van der Waals surface area contributed by atoms with Crippen LogP contribution in [-0.4, -0.2) is 34.8 Å². The fourth-order valence-corrected chi connectivity index (χ4v) is 4.74. The van der Waals surface area contributed by atoms with Crippen molar-refractivity contribution in [3.05, 3.63) is 63.3 Å². The second kappa shape index (κ2) is 8.15. The number of nitrogens with zero attached hydrogens (tertiary/aromatic N) is 3. The summed E-state index contributed by atoms with van der Waals surface area (Å²) in [5.41, 5.74) is 3.02. The first-order valence-corrected chi connectivity index (χ1v) is 10.9. The fraction of sp³-hybridized carbons (Fsp3) is 0.261. The molecular weight excluding hydrogens is 451 g/mol. The number of Topliss-reactive ketones (excluding diaryl/α,β-unsaturated/α-hetero) is 1. The van der Waals surface area contributed by atoms with E-state index in [-0.39, 0.29) is 5.78 Å². The summed E-state index contributed by atoms with van der Waals surface area (Å²) in [5, 5.41) is 9.10. The number of ketones is 1. The van der Waals surface area contributed by atoms with Crippen molar-refractivity contribution in [1.29, 1.82) is 0 Å². The Labute approximate surface area is 195 Å². The number of hydrogen-bond acceptors (Lipinski definition) is 6. The van der Waals surface area contributed by atoms with Gasteiger partial charge < -0.3 is 14.8 Å². The van der Waals surface area contributed by atoms with Gasteiger partial charge in [-0.1, -0.05) is 29.3 Å². The van der Waals surface area contributed by atoms with E-state index < -0.39 is 6.04 Å². The summed E-state index contributed by atoms with van der Waals surface area (Å²) in [7, 11) is 3.18. The van der Waals surface area contributed by atoms with Crippen LogP contribution in [0.4, 0.5) is 5.95 Å². The monoisotopic (exact) mass is 470 g/mol. The molecule has 164 valence electrons. The molecule has 2 aliphatic rings. The van der Waals surface area contributed by atoms with Crippen molar-refractivity contribution in [3.63, 3.8) is 0 Å². The van der Waals surface area contributed by atoms with Crippen LogP contribution in [-0.2, 0) is 4.79 Å². The first-order valence-electron chi connectivity index (χ1n) is 10.2. The maximum Gasteiger partial charge on any atom is 0.226 e. The third-order valence-corrected chi connectivity index (χ3v) is 6.30. The van der Waals surface area contributed by atoms with Crippen LogP contribution in [0.5, 0.6) is 11.5 Å². The molecule has 7 nitrogen and oxygen atoms in total. The van der Waals surface area contributed by atoms with E-state index in [1.54, 1.807) is 37.1 Å². The van der Waals surface area contributed by atoms with E-state index in [1.165, 1.54) is 0 Å². The standard InChI is InChI=1S/C23H20Cl2N4O3/c1-31-14-8-12(9-15(11-14)32-2)22-27-23-26-18-4-3-5-19(30)20(18)21(29(23)28-22)16-7-6-13(24)10-17(16)25/h6-11,21H,3-5H2,1-2H3,(H,26,27,28). The van der Waals surface area contributed by atoms with Crippen LogP contribution in [0.25, 0.3) is 11.4 Å². The predicted octanol–water partition coefficient (Wildman–Crippen LogP) is 5.29. The quantitative estimate of drug-likeness (QED) is 0.557. The van der Waals surface area contributed by atoms with Crippen molar-refractivity contribution < 1.29 is 14.3 Å². The maximum atomic E-state index is 13.0. The van der Waals surface area contributed by atoms with Gasteiger partial charge in [-0.15, -0.1) is 5.10 Å². The number of halogens is 2. The molecule has 0 saturated carbocycles. The first kappa shape index (κ1) is 20.8. The molecule has 0 bridgehead atoms. The van der Waals surface area contributed by atoms with Crippen LogP contribution in [0.2, 0.25) is 10.0 Å². The number of allylic oxidation sites excluding steroid dienone is 2. The lowest BCUT2D eigenvalue weighted by Crippen LogP contribution is -2.31. The number of carbonyl (C=O) groups is 1. The smallest absolute Gasteiger partial charge is 0.226 e. The lowest BCUT2D eigenvalue weighted by Gasteiger charge is -2.32. The molecule has 0 saturated heterocycles. The fourth-order valence-electron chi connectivity index (χ4n) is 4.23. The Hall–Kier alpha value is -3.03. The number of benzene rings is 2. The molecule has 1 atom stereocenters. The van der Waals surface area contributed by atoms with Gasteiger partial charge in [-0.3, -0.25) is 4.79 Å². The van der Waals surface area contributed by atoms with Crippen molar-refractivity contribution in [2.24, 2.45) is 0 Å². The summed E-state index contributed by atoms with van der Waals surface area (Å²) in [6.45, 7) is 0. The SMILES string of the molecule is COc1cc(OC)cc(-c2nc3n(n2)C(c2ccc(Cl)cc2Cl)C2=C(CCCC2=O)N3)c1. The van der Waals surface area contributed by atoms with E-state index in [4.69, 9.17) is 42.8 Å². The Bertz CT molecular complexity index is 1250. The molecule has 1 aliphatic heterocycles. The molecule has 1 unspecified atom stereocenters. The normalized spacial score (nSPS) is 17.5. The zero-order valence-electron chi connectivity index (χ0n) is 17.5. The van der Waals surface area contributed by atoms with Gasteiger partial charge in [0.1, 0.15) is 17.5 Å². The Balaban J connectivity index is 1.68. The molecule has 0 spiro atoms. The lowest BCUT2D eigenvalue weighted by atomic mass is 9.85. The minimum Gasteiger partial charge on any atom is -0.497 e. The molecule has 2 aromatic carbocycles. The third kappa shape index (κ3) is 3.51. The highest BCUT2D eigenvalue weighted by molar-refractivity contribution is 6.35. The summed E-state index contributed by atoms with van der Waals surface area (Å²) >= 11 is 12.7. The van der Waals surface area contributed by atoms with Gasteiger partial charge >= 0.3 is 0 Å². The molecule has 32 heavy (non-hydrogen) atoms. The molecule has 0 fully saturated rings. The van der Waals surface area contributed by atoms with Gasteiger partial charge in [-0.05, 0) is 37.1 Å². The minimum absolute atomic E-state index is 0.0838. The van der Waals surface area contributed by atoms with Gasteiger partial charge in [0.25, 0.3) is 0 Å². The molecule has 0 radical (unpaired) electrons. The maximum absolute atomic E-state index is 13.0. The van der Waals surface area contributed by atoms with Crippen molar-refractivity contribution >= 4 is 34.9 Å². The second-order valence-electron chi connectivity index (χ2n) is 7.67. The van der Waals surface area contributed by atoms with Crippen molar-refractivity contribution in [3.8, 4) is 22.9 Å². The number of carbonyl (C=O) groups excluding carboxylic acids is 1. The van der Waals surface area contributed by atoms with Crippen LogP contribution < -0.4 is 14.8 Å². The molecule has 3 aromatic rings. The van der Waals surface area contributed by atoms with Gasteiger partial charge in [0, 0.05) is 44.9 Å². The van der Waals surface area contributed by atoms with E-state index in [1.807, 2.05) is 18.2 Å². The minimum atomic E-state index is -0.493. The Morgan fingerprint density at radius 1 is 1.06 bits per heavy atom. The number of rotatable bonds is 4. The second-order valence-corrected chi connectivity index (χ2v) is 8.51. The summed E-state index contributed by atoms with van der Waals surface area (Å²) in [6.07, 6.45) is 2.05. The molecule has 1 N–H and O–H groups in total. The zero-order valence-corrected chi connectivity index (χ0v) is 19.0. The van der Waals surface area contributed by atoms with Crippen LogP contribution >= 0.6 is 23.2 Å². The number of hydrogen-bond donors (Lipinski definition) is 1. The molecular formula is C23H20Cl2N4O3. The Morgan fingerprint density at radius 2 is 1.81 bits per heavy atom. The van der Waals surface area contributed by atoms with Crippen LogP contribution in [0.1, 0.15) is 30.9 Å². The largest absolute Gasteiger partial charge is 0.497 e. The van der Waals surface area contributed by atoms with E-state index in [9.17, 15) is 4.79 Å². The number of fused-ring (bicyclic) bond motifs is 1. The first-order chi connectivity index (χ1) is 15.5. The number of aromatic nitrogens is 3. The van der Waals surface area contributed by atoms with Gasteiger partial charge in [0.2, 0.25) is 5.95 Å². The summed E-state index contributed by atoms with van der Waals surface area (Å²) in [5.74, 6) is 2.37. The predicted molar refractivity (Wildman–Crippen MR) is 123 cm³/mol. The molecule has 5 rings (SSSR count). The summed E-state index contributed by atoms with van der Waals surface area (Å²) in [6, 6.07) is 10.3. The molecule has 2 heterocycles. The number of methoxy groups -OCH3 is 2. The van der Waals surface area contributed by atoms with Crippen molar-refractivity contribution in [2.45, 2.75) is 25.3 Å². The van der Waals surface area contributed by atoms with Gasteiger partial charge in [-0.25, -0.2) is 4.68 Å². The van der Waals surface area contributed by atoms with Gasteiger partial charge in [0.05, 0.1) is 14.2 Å².